The molecule has 2 aromatic carbocycles. The number of aliphatic imine (C=N–C) groups is 1. The van der Waals surface area contributed by atoms with Crippen molar-refractivity contribution in [2.45, 2.75) is 57.1 Å². The highest BCUT2D eigenvalue weighted by atomic mass is 19.1. The molecule has 41 heavy (non-hydrogen) atoms. The molecule has 212 valence electrons. The first-order valence-electron chi connectivity index (χ1n) is 14.5. The molecule has 0 amide bonds. The van der Waals surface area contributed by atoms with Crippen LogP contribution in [-0.2, 0) is 9.53 Å². The molecule has 1 atom stereocenters. The molecule has 2 heterocycles. The van der Waals surface area contributed by atoms with Crippen LogP contribution in [0.15, 0.2) is 70.8 Å². The number of hydrogen-bond donors (Lipinski definition) is 1. The van der Waals surface area contributed by atoms with Crippen molar-refractivity contribution in [1.29, 1.82) is 0 Å². The number of nitrogens with zero attached hydrogens (tertiary/aromatic N) is 2. The molecule has 0 aromatic heterocycles. The molecule has 2 aromatic rings. The van der Waals surface area contributed by atoms with Crippen molar-refractivity contribution in [3.63, 3.8) is 0 Å². The summed E-state index contributed by atoms with van der Waals surface area (Å²) in [5, 5.41) is 0. The number of dihydropyridines is 1. The average molecular weight is 552 g/mol. The Morgan fingerprint density at radius 1 is 1.12 bits per heavy atom. The van der Waals surface area contributed by atoms with E-state index in [1.54, 1.807) is 25.3 Å². The van der Waals surface area contributed by atoms with E-state index in [-0.39, 0.29) is 17.4 Å². The smallest absolute Gasteiger partial charge is 0.203 e. The number of carbonyl (C=O) groups excluding carboxylic acids is 1. The van der Waals surface area contributed by atoms with Crippen LogP contribution in [0, 0.1) is 18.2 Å². The predicted octanol–water partition coefficient (Wildman–Crippen LogP) is 6.13. The molecule has 2 aliphatic heterocycles. The summed E-state index contributed by atoms with van der Waals surface area (Å²) in [6, 6.07) is 13.5. The molecule has 2 fully saturated rings. The molecule has 0 unspecified atom stereocenters. The van der Waals surface area contributed by atoms with Gasteiger partial charge >= 0.3 is 0 Å². The van der Waals surface area contributed by atoms with Gasteiger partial charge in [0, 0.05) is 31.9 Å². The molecule has 2 N–H and O–H groups in total. The molecule has 0 bridgehead atoms. The van der Waals surface area contributed by atoms with E-state index in [4.69, 9.17) is 16.9 Å². The summed E-state index contributed by atoms with van der Waals surface area (Å²) in [4.78, 5) is 20.3. The van der Waals surface area contributed by atoms with E-state index in [2.05, 4.69) is 46.2 Å². The van der Waals surface area contributed by atoms with E-state index in [0.717, 1.165) is 80.3 Å². The van der Waals surface area contributed by atoms with Crippen LogP contribution >= 0.6 is 0 Å². The molecular weight excluding hydrogens is 513 g/mol. The highest BCUT2D eigenvalue weighted by molar-refractivity contribution is 6.49. The fraction of sp³-hybridized carbons (Fsp3) is 0.371. The standard InChI is InChI=1S/C35H38FN3O2/c1-3-26-10-11-27(21-33(26)36)32-22-34(35(40)20-24-5-4-6-29(37)12-7-24)38-23-28(32)19-25-8-13-30(14-9-25)39-17-15-31(41-2)16-18-39/h1,8-11,13-14,19-22,29,31H,4-7,12,15-18,23,37H2,2H3/b24-20+,28-19-/t29-/m1/s1. The Morgan fingerprint density at radius 2 is 1.90 bits per heavy atom. The Hall–Kier alpha value is -3.79. The van der Waals surface area contributed by atoms with E-state index >= 15 is 0 Å². The summed E-state index contributed by atoms with van der Waals surface area (Å²) in [7, 11) is 1.78. The Kier molecular flexibility index (Phi) is 9.28. The number of ether oxygens (including phenoxy) is 1. The van der Waals surface area contributed by atoms with Crippen LogP contribution in [0.1, 0.15) is 61.6 Å². The molecule has 0 radical (unpaired) electrons. The van der Waals surface area contributed by atoms with Crippen molar-refractivity contribution in [3.8, 4) is 12.3 Å². The number of ketones is 1. The van der Waals surface area contributed by atoms with Gasteiger partial charge in [0.05, 0.1) is 18.2 Å². The van der Waals surface area contributed by atoms with E-state index < -0.39 is 5.82 Å². The number of hydrogen-bond acceptors (Lipinski definition) is 5. The molecule has 5 nitrogen and oxygen atoms in total. The Morgan fingerprint density at radius 3 is 2.61 bits per heavy atom. The maximum absolute atomic E-state index is 14.7. The SMILES string of the molecule is C#Cc1ccc(C2=CC(C(=O)/C=C3\CCC[C@@H](N)CC3)=NC/C2=C/c2ccc(N3CCC(OC)CC3)cc2)cc1F. The summed E-state index contributed by atoms with van der Waals surface area (Å²) in [5.74, 6) is 1.81. The number of allylic oxidation sites excluding steroid dienone is 3. The lowest BCUT2D eigenvalue weighted by Crippen LogP contribution is -2.36. The Bertz CT molecular complexity index is 1440. The van der Waals surface area contributed by atoms with Crippen LogP contribution in [0.2, 0.25) is 0 Å². The average Bonchev–Trinajstić information content (AvgIpc) is 3.21. The summed E-state index contributed by atoms with van der Waals surface area (Å²) in [5.41, 5.74) is 12.4. The van der Waals surface area contributed by atoms with Crippen LogP contribution in [0.5, 0.6) is 0 Å². The van der Waals surface area contributed by atoms with Gasteiger partial charge in [0.1, 0.15) is 11.5 Å². The van der Waals surface area contributed by atoms with E-state index in [9.17, 15) is 9.18 Å². The topological polar surface area (TPSA) is 67.9 Å². The molecule has 1 saturated carbocycles. The molecule has 0 spiro atoms. The number of piperidine rings is 1. The van der Waals surface area contributed by atoms with Gasteiger partial charge in [-0.25, -0.2) is 4.39 Å². The summed E-state index contributed by atoms with van der Waals surface area (Å²) < 4.78 is 20.2. The van der Waals surface area contributed by atoms with Gasteiger partial charge in [0.2, 0.25) is 5.78 Å². The predicted molar refractivity (Wildman–Crippen MR) is 165 cm³/mol. The van der Waals surface area contributed by atoms with Crippen LogP contribution in [0.25, 0.3) is 11.6 Å². The minimum Gasteiger partial charge on any atom is -0.381 e. The minimum atomic E-state index is -0.459. The fourth-order valence-electron chi connectivity index (χ4n) is 5.84. The van der Waals surface area contributed by atoms with E-state index in [1.165, 1.54) is 11.8 Å². The maximum Gasteiger partial charge on any atom is 0.203 e. The number of anilines is 1. The third-order valence-electron chi connectivity index (χ3n) is 8.35. The number of halogens is 1. The number of methoxy groups -OCH3 is 1. The van der Waals surface area contributed by atoms with Gasteiger partial charge in [-0.1, -0.05) is 29.7 Å². The lowest BCUT2D eigenvalue weighted by molar-refractivity contribution is -0.108. The zero-order chi connectivity index (χ0) is 28.8. The van der Waals surface area contributed by atoms with Gasteiger partial charge in [0.15, 0.2) is 0 Å². The third-order valence-corrected chi connectivity index (χ3v) is 8.35. The normalized spacial score (nSPS) is 22.2. The largest absolute Gasteiger partial charge is 0.381 e. The lowest BCUT2D eigenvalue weighted by atomic mass is 9.91. The Balaban J connectivity index is 1.41. The van der Waals surface area contributed by atoms with Crippen molar-refractivity contribution >= 4 is 28.8 Å². The van der Waals surface area contributed by atoms with E-state index in [1.807, 2.05) is 6.07 Å². The number of carbonyl (C=O) groups is 1. The Labute approximate surface area is 242 Å². The van der Waals surface area contributed by atoms with Crippen molar-refractivity contribution < 1.29 is 13.9 Å². The number of nitrogens with two attached hydrogens (primary N) is 1. The second kappa shape index (κ2) is 13.2. The van der Waals surface area contributed by atoms with Gasteiger partial charge in [0.25, 0.3) is 0 Å². The second-order valence-corrected chi connectivity index (χ2v) is 11.1. The number of rotatable bonds is 6. The first-order chi connectivity index (χ1) is 19.9. The zero-order valence-electron chi connectivity index (χ0n) is 23.7. The van der Waals surface area contributed by atoms with Gasteiger partial charge in [-0.2, -0.15) is 0 Å². The first-order valence-corrected chi connectivity index (χ1v) is 14.5. The number of benzene rings is 2. The van der Waals surface area contributed by atoms with Crippen LogP contribution in [0.3, 0.4) is 0 Å². The summed E-state index contributed by atoms with van der Waals surface area (Å²) >= 11 is 0. The summed E-state index contributed by atoms with van der Waals surface area (Å²) in [6.07, 6.45) is 18.0. The van der Waals surface area contributed by atoms with Gasteiger partial charge in [-0.05, 0) is 110 Å². The van der Waals surface area contributed by atoms with Crippen LogP contribution < -0.4 is 10.6 Å². The van der Waals surface area contributed by atoms with Gasteiger partial charge in [-0.15, -0.1) is 6.42 Å². The monoisotopic (exact) mass is 551 g/mol. The highest BCUT2D eigenvalue weighted by Crippen LogP contribution is 2.31. The third kappa shape index (κ3) is 7.11. The second-order valence-electron chi connectivity index (χ2n) is 11.1. The molecule has 1 aliphatic carbocycles. The van der Waals surface area contributed by atoms with E-state index in [0.29, 0.717) is 23.9 Å². The lowest BCUT2D eigenvalue weighted by Gasteiger charge is -2.33. The molecule has 6 heteroatoms. The quantitative estimate of drug-likeness (QED) is 0.266. The van der Waals surface area contributed by atoms with Crippen molar-refractivity contribution in [2.24, 2.45) is 10.7 Å². The van der Waals surface area contributed by atoms with Crippen molar-refractivity contribution in [1.82, 2.24) is 0 Å². The zero-order valence-corrected chi connectivity index (χ0v) is 23.7. The first kappa shape index (κ1) is 28.7. The fourth-order valence-corrected chi connectivity index (χ4v) is 5.84. The maximum atomic E-state index is 14.7. The van der Waals surface area contributed by atoms with Crippen LogP contribution in [-0.4, -0.2) is 50.4 Å². The van der Waals surface area contributed by atoms with Gasteiger partial charge < -0.3 is 15.4 Å². The minimum absolute atomic E-state index is 0.116. The number of terminal acetylenes is 1. The molecular formula is C35H38FN3O2. The highest BCUT2D eigenvalue weighted by Gasteiger charge is 2.21. The molecule has 5 rings (SSSR count). The van der Waals surface area contributed by atoms with Crippen LogP contribution in [0.4, 0.5) is 10.1 Å². The molecule has 3 aliphatic rings. The van der Waals surface area contributed by atoms with Crippen molar-refractivity contribution in [2.75, 3.05) is 31.6 Å². The van der Waals surface area contributed by atoms with Crippen molar-refractivity contribution in [3.05, 3.63) is 88.3 Å². The molecule has 1 saturated heterocycles. The van der Waals surface area contributed by atoms with Gasteiger partial charge in [-0.3, -0.25) is 9.79 Å². The summed E-state index contributed by atoms with van der Waals surface area (Å²) in [6.45, 7) is 2.27.